The second-order valence-electron chi connectivity index (χ2n) is 12.4. The summed E-state index contributed by atoms with van der Waals surface area (Å²) in [7, 11) is 0. The van der Waals surface area contributed by atoms with Gasteiger partial charge >= 0.3 is 0 Å². The largest absolute Gasteiger partial charge is 0.381 e. The topological polar surface area (TPSA) is 187 Å². The van der Waals surface area contributed by atoms with Crippen LogP contribution >= 0.6 is 11.6 Å². The van der Waals surface area contributed by atoms with E-state index in [1.54, 1.807) is 51.1 Å². The van der Waals surface area contributed by atoms with Gasteiger partial charge in [-0.2, -0.15) is 0 Å². The molecule has 1 aliphatic heterocycles. The predicted molar refractivity (Wildman–Crippen MR) is 169 cm³/mol. The first-order chi connectivity index (χ1) is 21.6. The van der Waals surface area contributed by atoms with E-state index < -0.39 is 76.9 Å². The van der Waals surface area contributed by atoms with Crippen molar-refractivity contribution in [1.82, 2.24) is 25.8 Å². The van der Waals surface area contributed by atoms with Crippen molar-refractivity contribution in [1.29, 1.82) is 0 Å². The highest BCUT2D eigenvalue weighted by Gasteiger charge is 2.43. The summed E-state index contributed by atoms with van der Waals surface area (Å²) in [6, 6.07) is 10.4. The lowest BCUT2D eigenvalue weighted by Gasteiger charge is -2.32. The summed E-state index contributed by atoms with van der Waals surface area (Å²) in [6.07, 6.45) is -2.26. The fraction of sp³-hybridized carbons (Fsp3) is 0.406. The molecule has 0 bridgehead atoms. The molecule has 0 radical (unpaired) electrons. The number of alkyl halides is 1. The summed E-state index contributed by atoms with van der Waals surface area (Å²) in [4.78, 5) is 69.4. The highest BCUT2D eigenvalue weighted by Crippen LogP contribution is 2.25. The van der Waals surface area contributed by atoms with Crippen molar-refractivity contribution >= 4 is 52.0 Å². The number of hydrogen-bond acceptors (Lipinski definition) is 6. The third-order valence-electron chi connectivity index (χ3n) is 7.45. The van der Waals surface area contributed by atoms with E-state index in [1.807, 2.05) is 0 Å². The average molecular weight is 657 g/mol. The molecule has 14 heteroatoms. The standard InChI is InChI=1S/C32H38ClFN6O6/c1-32(2,3)39-30(45)25-14-19(33)16-40(25)31(46)27(42)22(11-17-7-5-4-6-8-17)37-29(44)24(15-26(35)41)38-28(43)23-13-18-12-20(34)9-10-21(18)36-23/h4-10,12-13,19,22,24-25,27,36,42H,11,14-16H2,1-3H3,(H2,35,41)(H,37,44)(H,38,43)(H,39,45)/t19-,22-,24-,25-,27-/m0/s1. The first-order valence-electron chi connectivity index (χ1n) is 14.8. The number of rotatable bonds is 11. The molecule has 1 fully saturated rings. The number of aromatic amines is 1. The lowest BCUT2D eigenvalue weighted by molar-refractivity contribution is -0.147. The molecule has 4 rings (SSSR count). The number of aromatic nitrogens is 1. The van der Waals surface area contributed by atoms with Gasteiger partial charge in [0, 0.05) is 23.0 Å². The van der Waals surface area contributed by atoms with Crippen molar-refractivity contribution in [3.05, 3.63) is 71.7 Å². The molecule has 2 heterocycles. The Labute approximate surface area is 270 Å². The van der Waals surface area contributed by atoms with Gasteiger partial charge in [-0.3, -0.25) is 24.0 Å². The molecule has 5 atom stereocenters. The number of likely N-dealkylation sites (tertiary alicyclic amines) is 1. The Balaban J connectivity index is 1.56. The third kappa shape index (κ3) is 8.82. The third-order valence-corrected chi connectivity index (χ3v) is 7.76. The van der Waals surface area contributed by atoms with Gasteiger partial charge in [0.15, 0.2) is 6.10 Å². The van der Waals surface area contributed by atoms with Crippen molar-refractivity contribution in [3.8, 4) is 0 Å². The Morgan fingerprint density at radius 3 is 2.43 bits per heavy atom. The van der Waals surface area contributed by atoms with Crippen LogP contribution in [-0.4, -0.2) is 86.2 Å². The van der Waals surface area contributed by atoms with E-state index in [1.165, 1.54) is 29.2 Å². The van der Waals surface area contributed by atoms with E-state index in [2.05, 4.69) is 20.9 Å². The molecule has 0 unspecified atom stereocenters. The number of H-pyrrole nitrogens is 1. The molecule has 2 aromatic carbocycles. The fourth-order valence-electron chi connectivity index (χ4n) is 5.34. The first kappa shape index (κ1) is 34.4. The van der Waals surface area contributed by atoms with Crippen LogP contribution in [0.3, 0.4) is 0 Å². The zero-order chi connectivity index (χ0) is 33.8. The van der Waals surface area contributed by atoms with E-state index in [-0.39, 0.29) is 25.1 Å². The van der Waals surface area contributed by atoms with E-state index in [4.69, 9.17) is 17.3 Å². The second kappa shape index (κ2) is 14.3. The van der Waals surface area contributed by atoms with Crippen LogP contribution in [-0.2, 0) is 25.6 Å². The monoisotopic (exact) mass is 656 g/mol. The molecule has 46 heavy (non-hydrogen) atoms. The van der Waals surface area contributed by atoms with Crippen LogP contribution in [0.25, 0.3) is 10.9 Å². The number of primary amides is 1. The maximum atomic E-state index is 13.7. The number of hydrogen-bond donors (Lipinski definition) is 6. The smallest absolute Gasteiger partial charge is 0.268 e. The lowest BCUT2D eigenvalue weighted by Crippen LogP contribution is -2.59. The fourth-order valence-corrected chi connectivity index (χ4v) is 5.65. The summed E-state index contributed by atoms with van der Waals surface area (Å²) in [5.41, 5.74) is 5.95. The quantitative estimate of drug-likeness (QED) is 0.170. The summed E-state index contributed by atoms with van der Waals surface area (Å²) in [6.45, 7) is 5.39. The number of carbonyl (C=O) groups is 5. The number of nitrogens with one attached hydrogen (secondary N) is 4. The molecule has 0 aliphatic carbocycles. The summed E-state index contributed by atoms with van der Waals surface area (Å²) in [5, 5.41) is 19.2. The molecule has 1 aliphatic rings. The molecule has 7 N–H and O–H groups in total. The Bertz CT molecular complexity index is 1610. The molecular formula is C32H38ClFN6O6. The molecule has 12 nitrogen and oxygen atoms in total. The first-order valence-corrected chi connectivity index (χ1v) is 15.2. The zero-order valence-electron chi connectivity index (χ0n) is 25.7. The number of aliphatic hydroxyl groups excluding tert-OH is 1. The van der Waals surface area contributed by atoms with Crippen molar-refractivity contribution in [2.75, 3.05) is 6.54 Å². The number of halogens is 2. The van der Waals surface area contributed by atoms with Crippen molar-refractivity contribution in [3.63, 3.8) is 0 Å². The van der Waals surface area contributed by atoms with Crippen molar-refractivity contribution in [2.24, 2.45) is 5.73 Å². The van der Waals surface area contributed by atoms with Gasteiger partial charge in [-0.25, -0.2) is 4.39 Å². The van der Waals surface area contributed by atoms with Gasteiger partial charge in [0.2, 0.25) is 17.7 Å². The van der Waals surface area contributed by atoms with Crippen LogP contribution in [0.5, 0.6) is 0 Å². The summed E-state index contributed by atoms with van der Waals surface area (Å²) < 4.78 is 13.7. The van der Waals surface area contributed by atoms with Gasteiger partial charge in [0.25, 0.3) is 11.8 Å². The molecule has 1 aromatic heterocycles. The normalized spacial score (nSPS) is 18.4. The van der Waals surface area contributed by atoms with Gasteiger partial charge in [-0.15, -0.1) is 11.6 Å². The summed E-state index contributed by atoms with van der Waals surface area (Å²) in [5.74, 6) is -4.30. The molecule has 0 saturated carbocycles. The average Bonchev–Trinajstić information content (AvgIpc) is 3.58. The zero-order valence-corrected chi connectivity index (χ0v) is 26.4. The Hall–Kier alpha value is -4.49. The molecule has 5 amide bonds. The van der Waals surface area contributed by atoms with Crippen molar-refractivity contribution in [2.45, 2.75) is 75.2 Å². The SMILES string of the molecule is CC(C)(C)NC(=O)[C@@H]1C[C@H](Cl)CN1C(=O)[C@@H](O)[C@H](Cc1ccccc1)NC(=O)[C@H](CC(N)=O)NC(=O)c1cc2cc(F)ccc2[nH]1. The second-order valence-corrected chi connectivity index (χ2v) is 13.1. The Kier molecular flexibility index (Phi) is 10.7. The molecular weight excluding hydrogens is 619 g/mol. The van der Waals surface area contributed by atoms with E-state index in [0.717, 1.165) is 0 Å². The van der Waals surface area contributed by atoms with Crippen LogP contribution in [0.1, 0.15) is 49.7 Å². The number of fused-ring (bicyclic) bond motifs is 1. The van der Waals surface area contributed by atoms with E-state index in [0.29, 0.717) is 16.5 Å². The van der Waals surface area contributed by atoms with Crippen LogP contribution in [0.15, 0.2) is 54.6 Å². The van der Waals surface area contributed by atoms with Gasteiger partial charge in [-0.05, 0) is 63.4 Å². The van der Waals surface area contributed by atoms with Gasteiger partial charge in [-0.1, -0.05) is 30.3 Å². The number of carbonyl (C=O) groups excluding carboxylic acids is 5. The summed E-state index contributed by atoms with van der Waals surface area (Å²) >= 11 is 6.35. The minimum absolute atomic E-state index is 0.000436. The van der Waals surface area contributed by atoms with Crippen molar-refractivity contribution < 1.29 is 33.5 Å². The minimum atomic E-state index is -1.83. The van der Waals surface area contributed by atoms with E-state index >= 15 is 0 Å². The van der Waals surface area contributed by atoms with Crippen LogP contribution in [0.2, 0.25) is 0 Å². The maximum absolute atomic E-state index is 13.7. The van der Waals surface area contributed by atoms with Crippen LogP contribution in [0.4, 0.5) is 4.39 Å². The van der Waals surface area contributed by atoms with Gasteiger partial charge < -0.3 is 36.7 Å². The maximum Gasteiger partial charge on any atom is 0.268 e. The van der Waals surface area contributed by atoms with Crippen LogP contribution < -0.4 is 21.7 Å². The highest BCUT2D eigenvalue weighted by atomic mass is 35.5. The lowest BCUT2D eigenvalue weighted by atomic mass is 9.99. The number of amides is 5. The number of nitrogens with two attached hydrogens (primary N) is 1. The Morgan fingerprint density at radius 2 is 1.78 bits per heavy atom. The van der Waals surface area contributed by atoms with E-state index in [9.17, 15) is 33.5 Å². The molecule has 1 saturated heterocycles. The number of nitrogens with zero attached hydrogens (tertiary/aromatic N) is 1. The Morgan fingerprint density at radius 1 is 1.09 bits per heavy atom. The van der Waals surface area contributed by atoms with Gasteiger partial charge in [0.1, 0.15) is 23.6 Å². The minimum Gasteiger partial charge on any atom is -0.381 e. The molecule has 3 aromatic rings. The number of benzene rings is 2. The highest BCUT2D eigenvalue weighted by molar-refractivity contribution is 6.21. The molecule has 246 valence electrons. The molecule has 0 spiro atoms. The predicted octanol–water partition coefficient (Wildman–Crippen LogP) is 1.49. The van der Waals surface area contributed by atoms with Gasteiger partial charge in [0.05, 0.1) is 17.8 Å². The number of aliphatic hydroxyl groups is 1. The van der Waals surface area contributed by atoms with Crippen LogP contribution in [0, 0.1) is 5.82 Å².